The molecule has 0 saturated heterocycles. The molecule has 0 N–H and O–H groups in total. The van der Waals surface area contributed by atoms with E-state index in [1.165, 1.54) is 22.2 Å². The number of imidazole rings is 1. The van der Waals surface area contributed by atoms with Gasteiger partial charge in [-0.1, -0.05) is 42.5 Å². The Bertz CT molecular complexity index is 1130. The lowest BCUT2D eigenvalue weighted by molar-refractivity contribution is 0.299. The highest BCUT2D eigenvalue weighted by molar-refractivity contribution is 5.76. The normalized spacial score (nSPS) is 11.1. The van der Waals surface area contributed by atoms with Gasteiger partial charge in [0, 0.05) is 13.0 Å². The highest BCUT2D eigenvalue weighted by atomic mass is 16.5. The van der Waals surface area contributed by atoms with Gasteiger partial charge in [-0.05, 0) is 67.6 Å². The molecule has 3 aromatic carbocycles. The van der Waals surface area contributed by atoms with Crippen molar-refractivity contribution in [2.75, 3.05) is 13.7 Å². The van der Waals surface area contributed by atoms with Crippen molar-refractivity contribution in [3.05, 3.63) is 89.2 Å². The zero-order chi connectivity index (χ0) is 21.6. The van der Waals surface area contributed by atoms with Crippen LogP contribution in [0.2, 0.25) is 0 Å². The van der Waals surface area contributed by atoms with Crippen LogP contribution < -0.4 is 9.47 Å². The van der Waals surface area contributed by atoms with Gasteiger partial charge in [0.2, 0.25) is 0 Å². The molecule has 31 heavy (non-hydrogen) atoms. The summed E-state index contributed by atoms with van der Waals surface area (Å²) in [6.45, 7) is 5.87. The number of benzene rings is 3. The van der Waals surface area contributed by atoms with Gasteiger partial charge in [0.15, 0.2) is 0 Å². The van der Waals surface area contributed by atoms with Crippen molar-refractivity contribution in [1.82, 2.24) is 9.55 Å². The first-order valence-corrected chi connectivity index (χ1v) is 10.9. The van der Waals surface area contributed by atoms with Crippen molar-refractivity contribution in [2.24, 2.45) is 0 Å². The highest BCUT2D eigenvalue weighted by Gasteiger charge is 2.11. The fraction of sp³-hybridized carbons (Fsp3) is 0.296. The number of hydrogen-bond donors (Lipinski definition) is 0. The van der Waals surface area contributed by atoms with E-state index in [9.17, 15) is 0 Å². The molecule has 4 rings (SSSR count). The van der Waals surface area contributed by atoms with E-state index in [0.29, 0.717) is 0 Å². The first-order valence-electron chi connectivity index (χ1n) is 10.9. The summed E-state index contributed by atoms with van der Waals surface area (Å²) in [5.41, 5.74) is 5.87. The summed E-state index contributed by atoms with van der Waals surface area (Å²) in [7, 11) is 1.69. The van der Waals surface area contributed by atoms with Crippen LogP contribution in [0.1, 0.15) is 35.4 Å². The molecule has 1 aromatic heterocycles. The Morgan fingerprint density at radius 1 is 0.839 bits per heavy atom. The molecule has 0 amide bonds. The van der Waals surface area contributed by atoms with Crippen LogP contribution in [0.3, 0.4) is 0 Å². The number of ether oxygens (including phenoxy) is 2. The van der Waals surface area contributed by atoms with E-state index >= 15 is 0 Å². The minimum atomic E-state index is 0.728. The Morgan fingerprint density at radius 2 is 1.58 bits per heavy atom. The minimum Gasteiger partial charge on any atom is -0.497 e. The van der Waals surface area contributed by atoms with Gasteiger partial charge in [0.25, 0.3) is 0 Å². The van der Waals surface area contributed by atoms with Crippen molar-refractivity contribution >= 4 is 11.0 Å². The van der Waals surface area contributed by atoms with Crippen molar-refractivity contribution in [3.8, 4) is 11.5 Å². The van der Waals surface area contributed by atoms with Crippen LogP contribution >= 0.6 is 0 Å². The number of hydrogen-bond acceptors (Lipinski definition) is 3. The van der Waals surface area contributed by atoms with Gasteiger partial charge in [0.05, 0.1) is 24.8 Å². The Morgan fingerprint density at radius 3 is 2.32 bits per heavy atom. The molecule has 0 saturated carbocycles. The van der Waals surface area contributed by atoms with Gasteiger partial charge in [-0.25, -0.2) is 4.98 Å². The first kappa shape index (κ1) is 21.0. The van der Waals surface area contributed by atoms with Gasteiger partial charge < -0.3 is 14.0 Å². The molecule has 160 valence electrons. The number of aromatic nitrogens is 2. The van der Waals surface area contributed by atoms with E-state index < -0.39 is 0 Å². The largest absolute Gasteiger partial charge is 0.497 e. The van der Waals surface area contributed by atoms with E-state index in [4.69, 9.17) is 14.5 Å². The topological polar surface area (TPSA) is 36.3 Å². The van der Waals surface area contributed by atoms with E-state index in [2.05, 4.69) is 73.0 Å². The SMILES string of the molecule is COc1ccc(Cc2nc3ccccc3n2CCCCOc2c(C)cccc2C)cc1. The van der Waals surface area contributed by atoms with Gasteiger partial charge in [-0.3, -0.25) is 0 Å². The van der Waals surface area contributed by atoms with Crippen LogP contribution in [-0.4, -0.2) is 23.3 Å². The van der Waals surface area contributed by atoms with Gasteiger partial charge in [0.1, 0.15) is 17.3 Å². The number of fused-ring (bicyclic) bond motifs is 1. The van der Waals surface area contributed by atoms with Crippen LogP contribution in [0, 0.1) is 13.8 Å². The van der Waals surface area contributed by atoms with Crippen LogP contribution in [0.5, 0.6) is 11.5 Å². The maximum atomic E-state index is 6.09. The number of aryl methyl sites for hydroxylation is 3. The first-order chi connectivity index (χ1) is 15.2. The van der Waals surface area contributed by atoms with Crippen LogP contribution in [-0.2, 0) is 13.0 Å². The molecule has 0 bridgehead atoms. The molecule has 1 heterocycles. The average Bonchev–Trinajstić information content (AvgIpc) is 3.13. The number of para-hydroxylation sites is 3. The summed E-state index contributed by atoms with van der Waals surface area (Å²) in [6, 6.07) is 22.9. The summed E-state index contributed by atoms with van der Waals surface area (Å²) in [6.07, 6.45) is 2.85. The quantitative estimate of drug-likeness (QED) is 0.310. The smallest absolute Gasteiger partial charge is 0.125 e. The predicted molar refractivity (Wildman–Crippen MR) is 126 cm³/mol. The van der Waals surface area contributed by atoms with Crippen molar-refractivity contribution in [3.63, 3.8) is 0 Å². The van der Waals surface area contributed by atoms with Gasteiger partial charge in [-0.15, -0.1) is 0 Å². The fourth-order valence-electron chi connectivity index (χ4n) is 4.01. The molecule has 0 unspecified atom stereocenters. The molecule has 0 radical (unpaired) electrons. The lowest BCUT2D eigenvalue weighted by atomic mass is 10.1. The second kappa shape index (κ2) is 9.69. The van der Waals surface area contributed by atoms with Gasteiger partial charge in [-0.2, -0.15) is 0 Å². The molecule has 4 heteroatoms. The standard InChI is InChI=1S/C27H30N2O2/c1-20-9-8-10-21(2)27(20)31-18-7-6-17-29-25-12-5-4-11-24(25)28-26(29)19-22-13-15-23(30-3)16-14-22/h4-5,8-16H,6-7,17-19H2,1-3H3. The number of nitrogens with zero attached hydrogens (tertiary/aromatic N) is 2. The maximum Gasteiger partial charge on any atom is 0.125 e. The Labute approximate surface area is 184 Å². The molecular weight excluding hydrogens is 384 g/mol. The van der Waals surface area contributed by atoms with Crippen LogP contribution in [0.15, 0.2) is 66.7 Å². The second-order valence-electron chi connectivity index (χ2n) is 7.97. The summed E-state index contributed by atoms with van der Waals surface area (Å²) < 4.78 is 13.7. The zero-order valence-electron chi connectivity index (χ0n) is 18.6. The highest BCUT2D eigenvalue weighted by Crippen LogP contribution is 2.23. The van der Waals surface area contributed by atoms with E-state index in [1.54, 1.807) is 7.11 Å². The summed E-state index contributed by atoms with van der Waals surface area (Å²) >= 11 is 0. The fourth-order valence-corrected chi connectivity index (χ4v) is 4.01. The van der Waals surface area contributed by atoms with Crippen molar-refractivity contribution in [2.45, 2.75) is 39.7 Å². The van der Waals surface area contributed by atoms with E-state index in [0.717, 1.165) is 55.3 Å². The average molecular weight is 415 g/mol. The Hall–Kier alpha value is -3.27. The molecule has 4 aromatic rings. The molecule has 0 fully saturated rings. The Kier molecular flexibility index (Phi) is 6.56. The zero-order valence-corrected chi connectivity index (χ0v) is 18.6. The minimum absolute atomic E-state index is 0.728. The van der Waals surface area contributed by atoms with Gasteiger partial charge >= 0.3 is 0 Å². The van der Waals surface area contributed by atoms with Crippen LogP contribution in [0.4, 0.5) is 0 Å². The number of rotatable bonds is 9. The third-order valence-corrected chi connectivity index (χ3v) is 5.69. The maximum absolute atomic E-state index is 6.09. The third kappa shape index (κ3) is 4.91. The predicted octanol–water partition coefficient (Wildman–Crippen LogP) is 6.11. The Balaban J connectivity index is 1.43. The molecule has 0 aliphatic carbocycles. The van der Waals surface area contributed by atoms with Crippen molar-refractivity contribution < 1.29 is 9.47 Å². The van der Waals surface area contributed by atoms with E-state index in [1.807, 2.05) is 12.1 Å². The number of methoxy groups -OCH3 is 1. The molecule has 0 spiro atoms. The summed E-state index contributed by atoms with van der Waals surface area (Å²) in [5, 5.41) is 0. The van der Waals surface area contributed by atoms with Crippen LogP contribution in [0.25, 0.3) is 11.0 Å². The molecular formula is C27H30N2O2. The van der Waals surface area contributed by atoms with E-state index in [-0.39, 0.29) is 0 Å². The second-order valence-corrected chi connectivity index (χ2v) is 7.97. The summed E-state index contributed by atoms with van der Waals surface area (Å²) in [4.78, 5) is 4.92. The molecule has 0 aliphatic rings. The third-order valence-electron chi connectivity index (χ3n) is 5.69. The monoisotopic (exact) mass is 414 g/mol. The molecule has 0 aliphatic heterocycles. The lowest BCUT2D eigenvalue weighted by Crippen LogP contribution is -2.07. The molecule has 0 atom stereocenters. The lowest BCUT2D eigenvalue weighted by Gasteiger charge is -2.13. The van der Waals surface area contributed by atoms with Crippen molar-refractivity contribution in [1.29, 1.82) is 0 Å². The number of unbranched alkanes of at least 4 members (excludes halogenated alkanes) is 1. The molecule has 4 nitrogen and oxygen atoms in total. The summed E-state index contributed by atoms with van der Waals surface area (Å²) in [5.74, 6) is 3.00.